The molecular weight excluding hydrogens is 364 g/mol. The minimum Gasteiger partial charge on any atom is -0.324 e. The molecule has 5 nitrogen and oxygen atoms in total. The molecule has 29 heavy (non-hydrogen) atoms. The fraction of sp³-hybridized carbons (Fsp3) is 0.375. The number of nitrogens with one attached hydrogen (secondary N) is 1. The van der Waals surface area contributed by atoms with E-state index >= 15 is 0 Å². The van der Waals surface area contributed by atoms with Crippen molar-refractivity contribution in [3.63, 3.8) is 0 Å². The van der Waals surface area contributed by atoms with Crippen LogP contribution in [0.1, 0.15) is 13.3 Å². The molecule has 0 unspecified atom stereocenters. The molecule has 7 atom stereocenters. The van der Waals surface area contributed by atoms with E-state index in [2.05, 4.69) is 17.5 Å². The van der Waals surface area contributed by atoms with Crippen LogP contribution < -0.4 is 5.32 Å². The number of carbonyl (C=O) groups excluding carboxylic acids is 3. The molecule has 0 radical (unpaired) electrons. The number of allylic oxidation sites excluding steroid dienone is 2. The van der Waals surface area contributed by atoms with E-state index in [0.29, 0.717) is 17.5 Å². The molecule has 146 valence electrons. The fourth-order valence-electron chi connectivity index (χ4n) is 6.05. The molecule has 2 saturated carbocycles. The maximum Gasteiger partial charge on any atom is 0.247 e. The molecule has 3 fully saturated rings. The molecule has 3 amide bonds. The van der Waals surface area contributed by atoms with E-state index in [0.717, 1.165) is 17.2 Å². The largest absolute Gasteiger partial charge is 0.324 e. The smallest absolute Gasteiger partial charge is 0.247 e. The van der Waals surface area contributed by atoms with Crippen LogP contribution in [0.15, 0.2) is 54.6 Å². The molecule has 2 aromatic carbocycles. The van der Waals surface area contributed by atoms with Gasteiger partial charge in [0, 0.05) is 11.1 Å². The van der Waals surface area contributed by atoms with Gasteiger partial charge in [-0.2, -0.15) is 0 Å². The highest BCUT2D eigenvalue weighted by Gasteiger charge is 2.67. The Hall–Kier alpha value is -2.95. The zero-order chi connectivity index (χ0) is 19.9. The van der Waals surface area contributed by atoms with E-state index in [1.165, 1.54) is 4.90 Å². The number of nitrogens with zero attached hydrogens (tertiary/aromatic N) is 1. The number of likely N-dealkylation sites (tertiary alicyclic amines) is 1. The van der Waals surface area contributed by atoms with Crippen molar-refractivity contribution in [1.82, 2.24) is 4.90 Å². The highest BCUT2D eigenvalue weighted by molar-refractivity contribution is 6.11. The number of benzene rings is 2. The van der Waals surface area contributed by atoms with E-state index < -0.39 is 6.04 Å². The Balaban J connectivity index is 1.27. The number of hydrogen-bond donors (Lipinski definition) is 1. The standard InChI is InChI=1S/C24H22N2O3/c1-12(22(27)25-19-8-4-6-13-5-2-3-7-14(13)19)26-23(28)20-15-9-10-16(18-11-17(15)18)21(20)24(26)29/h2-10,12,15-18,20-21H,11H2,1H3,(H,25,27)/t12-,15-,16-,17-,18-,20-,21+/m1/s1. The lowest BCUT2D eigenvalue weighted by Gasteiger charge is -2.37. The fourth-order valence-corrected chi connectivity index (χ4v) is 6.05. The van der Waals surface area contributed by atoms with Gasteiger partial charge in [0.2, 0.25) is 17.7 Å². The zero-order valence-corrected chi connectivity index (χ0v) is 16.1. The Morgan fingerprint density at radius 3 is 2.28 bits per heavy atom. The second-order valence-electron chi connectivity index (χ2n) is 8.89. The van der Waals surface area contributed by atoms with Gasteiger partial charge in [-0.15, -0.1) is 0 Å². The minimum absolute atomic E-state index is 0.162. The number of amides is 3. The maximum atomic E-state index is 13.2. The van der Waals surface area contributed by atoms with Crippen LogP contribution >= 0.6 is 0 Å². The van der Waals surface area contributed by atoms with Crippen LogP contribution in [0.4, 0.5) is 5.69 Å². The third-order valence-electron chi connectivity index (χ3n) is 7.51. The molecule has 1 N–H and O–H groups in total. The van der Waals surface area contributed by atoms with Gasteiger partial charge in [-0.25, -0.2) is 0 Å². The van der Waals surface area contributed by atoms with Crippen molar-refractivity contribution in [2.45, 2.75) is 19.4 Å². The second-order valence-corrected chi connectivity index (χ2v) is 8.89. The van der Waals surface area contributed by atoms with Gasteiger partial charge in [0.1, 0.15) is 6.04 Å². The van der Waals surface area contributed by atoms with E-state index in [1.54, 1.807) is 6.92 Å². The lowest BCUT2D eigenvalue weighted by atomic mass is 9.63. The summed E-state index contributed by atoms with van der Waals surface area (Å²) in [6.45, 7) is 1.66. The molecule has 2 bridgehead atoms. The summed E-state index contributed by atoms with van der Waals surface area (Å²) in [4.78, 5) is 40.7. The summed E-state index contributed by atoms with van der Waals surface area (Å²) in [6, 6.07) is 12.7. The molecule has 0 spiro atoms. The highest BCUT2D eigenvalue weighted by Crippen LogP contribution is 2.65. The number of imide groups is 1. The lowest BCUT2D eigenvalue weighted by molar-refractivity contribution is -0.146. The summed E-state index contributed by atoms with van der Waals surface area (Å²) in [6.07, 6.45) is 5.43. The molecule has 2 aromatic rings. The van der Waals surface area contributed by atoms with E-state index in [4.69, 9.17) is 0 Å². The molecule has 5 heteroatoms. The van der Waals surface area contributed by atoms with Crippen molar-refractivity contribution in [1.29, 1.82) is 0 Å². The van der Waals surface area contributed by atoms with Gasteiger partial charge in [0.25, 0.3) is 0 Å². The maximum absolute atomic E-state index is 13.2. The summed E-state index contributed by atoms with van der Waals surface area (Å²) in [7, 11) is 0. The predicted molar refractivity (Wildman–Crippen MR) is 109 cm³/mol. The van der Waals surface area contributed by atoms with Gasteiger partial charge < -0.3 is 5.32 Å². The number of rotatable bonds is 3. The summed E-state index contributed by atoms with van der Waals surface area (Å²) in [5, 5.41) is 4.90. The van der Waals surface area contributed by atoms with Crippen LogP contribution in [0, 0.1) is 35.5 Å². The Morgan fingerprint density at radius 2 is 1.59 bits per heavy atom. The molecule has 0 aromatic heterocycles. The Bertz CT molecular complexity index is 1070. The summed E-state index contributed by atoms with van der Waals surface area (Å²) < 4.78 is 0. The first-order valence-corrected chi connectivity index (χ1v) is 10.4. The molecular formula is C24H22N2O3. The van der Waals surface area contributed by atoms with Gasteiger partial charge in [0.15, 0.2) is 0 Å². The predicted octanol–water partition coefficient (Wildman–Crippen LogP) is 3.22. The highest BCUT2D eigenvalue weighted by atomic mass is 16.2. The molecule has 1 aliphatic heterocycles. The van der Waals surface area contributed by atoms with Crippen molar-refractivity contribution < 1.29 is 14.4 Å². The van der Waals surface area contributed by atoms with Gasteiger partial charge in [-0.3, -0.25) is 19.3 Å². The average molecular weight is 386 g/mol. The summed E-state index contributed by atoms with van der Waals surface area (Å²) in [5.41, 5.74) is 0.694. The van der Waals surface area contributed by atoms with Gasteiger partial charge in [0.05, 0.1) is 11.8 Å². The van der Waals surface area contributed by atoms with Crippen LogP contribution in [0.25, 0.3) is 10.8 Å². The van der Waals surface area contributed by atoms with Crippen molar-refractivity contribution in [2.24, 2.45) is 35.5 Å². The quantitative estimate of drug-likeness (QED) is 0.651. The third kappa shape index (κ3) is 2.24. The van der Waals surface area contributed by atoms with Crippen molar-refractivity contribution in [2.75, 3.05) is 5.32 Å². The zero-order valence-electron chi connectivity index (χ0n) is 16.1. The van der Waals surface area contributed by atoms with Gasteiger partial charge in [-0.1, -0.05) is 48.6 Å². The first-order chi connectivity index (χ1) is 14.1. The monoisotopic (exact) mass is 386 g/mol. The van der Waals surface area contributed by atoms with E-state index in [-0.39, 0.29) is 41.4 Å². The SMILES string of the molecule is C[C@H](C(=O)Nc1cccc2ccccc12)N1C(=O)[C@@H]2[C@@H]3C=C[C@H]([C@H]4C[C@H]34)[C@@H]2C1=O. The van der Waals surface area contributed by atoms with Crippen LogP contribution in [0.5, 0.6) is 0 Å². The number of fused-ring (bicyclic) bond motifs is 1. The van der Waals surface area contributed by atoms with Crippen LogP contribution in [-0.4, -0.2) is 28.7 Å². The topological polar surface area (TPSA) is 66.5 Å². The lowest BCUT2D eigenvalue weighted by Crippen LogP contribution is -2.46. The van der Waals surface area contributed by atoms with Gasteiger partial charge in [-0.05, 0) is 48.5 Å². The van der Waals surface area contributed by atoms with Gasteiger partial charge >= 0.3 is 0 Å². The van der Waals surface area contributed by atoms with E-state index in [1.807, 2.05) is 42.5 Å². The summed E-state index contributed by atoms with van der Waals surface area (Å²) >= 11 is 0. The molecule has 4 aliphatic carbocycles. The first-order valence-electron chi connectivity index (χ1n) is 10.4. The van der Waals surface area contributed by atoms with Crippen molar-refractivity contribution in [3.05, 3.63) is 54.6 Å². The molecule has 1 saturated heterocycles. The molecule has 5 aliphatic rings. The Kier molecular flexibility index (Phi) is 3.38. The normalized spacial score (nSPS) is 34.9. The Labute approximate surface area is 168 Å². The van der Waals surface area contributed by atoms with Crippen molar-refractivity contribution in [3.8, 4) is 0 Å². The third-order valence-corrected chi connectivity index (χ3v) is 7.51. The Morgan fingerprint density at radius 1 is 0.966 bits per heavy atom. The second kappa shape index (κ2) is 5.78. The van der Waals surface area contributed by atoms with Crippen LogP contribution in [-0.2, 0) is 14.4 Å². The average Bonchev–Trinajstić information content (AvgIpc) is 3.51. The number of carbonyl (C=O) groups is 3. The minimum atomic E-state index is -0.824. The number of anilines is 1. The van der Waals surface area contributed by atoms with Crippen LogP contribution in [0.3, 0.4) is 0 Å². The number of hydrogen-bond acceptors (Lipinski definition) is 3. The van der Waals surface area contributed by atoms with Crippen LogP contribution in [0.2, 0.25) is 0 Å². The first kappa shape index (κ1) is 17.0. The van der Waals surface area contributed by atoms with E-state index in [9.17, 15) is 14.4 Å². The molecule has 1 heterocycles. The molecule has 7 rings (SSSR count). The summed E-state index contributed by atoms with van der Waals surface area (Å²) in [5.74, 6) is 0.269. The van der Waals surface area contributed by atoms with Crippen molar-refractivity contribution >= 4 is 34.2 Å².